The first-order chi connectivity index (χ1) is 13.3. The van der Waals surface area contributed by atoms with Crippen molar-refractivity contribution in [2.24, 2.45) is 17.8 Å². The molecule has 3 atom stereocenters. The van der Waals surface area contributed by atoms with Gasteiger partial charge >= 0.3 is 0 Å². The summed E-state index contributed by atoms with van der Waals surface area (Å²) in [5.41, 5.74) is 0. The van der Waals surface area contributed by atoms with Crippen LogP contribution in [-0.4, -0.2) is 67.1 Å². The van der Waals surface area contributed by atoms with Gasteiger partial charge in [-0.05, 0) is 68.4 Å². The van der Waals surface area contributed by atoms with Crippen LogP contribution >= 0.6 is 0 Å². The van der Waals surface area contributed by atoms with Gasteiger partial charge in [0.1, 0.15) is 5.82 Å². The van der Waals surface area contributed by atoms with Crippen molar-refractivity contribution in [2.45, 2.75) is 44.6 Å². The van der Waals surface area contributed by atoms with Crippen LogP contribution in [0.4, 0.5) is 11.6 Å². The molecule has 4 aliphatic rings. The zero-order chi connectivity index (χ0) is 18.1. The second-order valence-corrected chi connectivity index (χ2v) is 9.08. The van der Waals surface area contributed by atoms with Crippen LogP contribution in [0.3, 0.4) is 0 Å². The van der Waals surface area contributed by atoms with Gasteiger partial charge in [-0.2, -0.15) is 0 Å². The summed E-state index contributed by atoms with van der Waals surface area (Å²) in [6.07, 6.45) is 7.62. The fourth-order valence-electron chi connectivity index (χ4n) is 5.68. The van der Waals surface area contributed by atoms with E-state index < -0.39 is 0 Å². The molecule has 0 amide bonds. The van der Waals surface area contributed by atoms with E-state index >= 15 is 0 Å². The molecule has 1 aliphatic carbocycles. The maximum atomic E-state index is 5.51. The number of anilines is 2. The zero-order valence-electron chi connectivity index (χ0n) is 16.4. The molecule has 0 bridgehead atoms. The van der Waals surface area contributed by atoms with E-state index in [0.717, 1.165) is 55.7 Å². The molecule has 1 aromatic rings. The lowest BCUT2D eigenvalue weighted by atomic mass is 10.00. The van der Waals surface area contributed by atoms with Crippen LogP contribution in [0.5, 0.6) is 0 Å². The van der Waals surface area contributed by atoms with Crippen molar-refractivity contribution in [1.29, 1.82) is 0 Å². The molecule has 3 aliphatic heterocycles. The lowest BCUT2D eigenvalue weighted by molar-refractivity contribution is 0.0545. The quantitative estimate of drug-likeness (QED) is 0.859. The fraction of sp³-hybridized carbons (Fsp3) is 0.810. The van der Waals surface area contributed by atoms with Gasteiger partial charge in [0.15, 0.2) is 5.82 Å². The topological polar surface area (TPSA) is 53.5 Å². The Labute approximate surface area is 162 Å². The highest BCUT2D eigenvalue weighted by Gasteiger charge is 2.41. The van der Waals surface area contributed by atoms with Crippen LogP contribution in [0.25, 0.3) is 0 Å². The molecule has 6 nitrogen and oxygen atoms in total. The molecule has 148 valence electrons. The molecule has 4 fully saturated rings. The third kappa shape index (κ3) is 4.06. The summed E-state index contributed by atoms with van der Waals surface area (Å²) in [4.78, 5) is 5.07. The van der Waals surface area contributed by atoms with E-state index in [9.17, 15) is 0 Å². The van der Waals surface area contributed by atoms with E-state index in [1.54, 1.807) is 0 Å². The normalized spacial score (nSPS) is 32.1. The number of aromatic nitrogens is 2. The number of hydrogen-bond acceptors (Lipinski definition) is 6. The highest BCUT2D eigenvalue weighted by atomic mass is 16.5. The van der Waals surface area contributed by atoms with Crippen molar-refractivity contribution >= 4 is 11.6 Å². The van der Waals surface area contributed by atoms with Crippen molar-refractivity contribution in [3.8, 4) is 0 Å². The van der Waals surface area contributed by atoms with E-state index in [1.807, 2.05) is 0 Å². The molecule has 0 aromatic carbocycles. The summed E-state index contributed by atoms with van der Waals surface area (Å²) < 4.78 is 5.51. The summed E-state index contributed by atoms with van der Waals surface area (Å²) in [7, 11) is 0. The van der Waals surface area contributed by atoms with Gasteiger partial charge in [-0.1, -0.05) is 0 Å². The number of hydrogen-bond donors (Lipinski definition) is 1. The minimum Gasteiger partial charge on any atom is -0.381 e. The second-order valence-electron chi connectivity index (χ2n) is 9.08. The highest BCUT2D eigenvalue weighted by molar-refractivity contribution is 5.44. The Bertz CT molecular complexity index is 598. The third-order valence-electron chi connectivity index (χ3n) is 7.12. The van der Waals surface area contributed by atoms with Crippen molar-refractivity contribution < 1.29 is 4.74 Å². The maximum Gasteiger partial charge on any atom is 0.151 e. The summed E-state index contributed by atoms with van der Waals surface area (Å²) >= 11 is 0. The van der Waals surface area contributed by atoms with Crippen molar-refractivity contribution in [3.05, 3.63) is 12.1 Å². The molecule has 5 rings (SSSR count). The molecule has 27 heavy (non-hydrogen) atoms. The number of ether oxygens (including phenoxy) is 1. The predicted octanol–water partition coefficient (Wildman–Crippen LogP) is 2.63. The maximum absolute atomic E-state index is 5.51. The molecule has 6 heteroatoms. The molecule has 0 radical (unpaired) electrons. The first-order valence-corrected chi connectivity index (χ1v) is 11.0. The molecule has 0 unspecified atom stereocenters. The number of fused-ring (bicyclic) bond motifs is 1. The predicted molar refractivity (Wildman–Crippen MR) is 107 cm³/mol. The molecule has 0 spiro atoms. The van der Waals surface area contributed by atoms with E-state index in [0.29, 0.717) is 6.04 Å². The smallest absolute Gasteiger partial charge is 0.151 e. The van der Waals surface area contributed by atoms with Crippen LogP contribution in [0.2, 0.25) is 0 Å². The molecule has 1 saturated carbocycles. The first kappa shape index (κ1) is 17.7. The van der Waals surface area contributed by atoms with Crippen molar-refractivity contribution in [1.82, 2.24) is 15.1 Å². The first-order valence-electron chi connectivity index (χ1n) is 11.0. The monoisotopic (exact) mass is 371 g/mol. The van der Waals surface area contributed by atoms with Gasteiger partial charge in [-0.3, -0.25) is 0 Å². The van der Waals surface area contributed by atoms with E-state index in [2.05, 4.69) is 37.4 Å². The minimum atomic E-state index is 0.567. The van der Waals surface area contributed by atoms with E-state index in [4.69, 9.17) is 4.74 Å². The van der Waals surface area contributed by atoms with Crippen LogP contribution in [-0.2, 0) is 4.74 Å². The van der Waals surface area contributed by atoms with Crippen LogP contribution < -0.4 is 10.2 Å². The van der Waals surface area contributed by atoms with Crippen LogP contribution in [0, 0.1) is 17.8 Å². The Morgan fingerprint density at radius 2 is 1.74 bits per heavy atom. The summed E-state index contributed by atoms with van der Waals surface area (Å²) in [6.45, 7) is 8.05. The zero-order valence-corrected chi connectivity index (χ0v) is 16.4. The van der Waals surface area contributed by atoms with Crippen molar-refractivity contribution in [3.63, 3.8) is 0 Å². The number of rotatable bonds is 5. The second kappa shape index (κ2) is 7.92. The van der Waals surface area contributed by atoms with E-state index in [1.165, 1.54) is 58.2 Å². The van der Waals surface area contributed by atoms with Gasteiger partial charge in [0.25, 0.3) is 0 Å². The van der Waals surface area contributed by atoms with Gasteiger partial charge in [-0.15, -0.1) is 10.2 Å². The number of nitrogens with one attached hydrogen (secondary N) is 1. The van der Waals surface area contributed by atoms with Crippen LogP contribution in [0.1, 0.15) is 38.5 Å². The molecule has 1 N–H and O–H groups in total. The van der Waals surface area contributed by atoms with Gasteiger partial charge in [0.2, 0.25) is 0 Å². The van der Waals surface area contributed by atoms with E-state index in [-0.39, 0.29) is 0 Å². The Morgan fingerprint density at radius 1 is 1.00 bits per heavy atom. The van der Waals surface area contributed by atoms with Crippen molar-refractivity contribution in [2.75, 3.05) is 56.2 Å². The molecular formula is C21H33N5O. The summed E-state index contributed by atoms with van der Waals surface area (Å²) in [5.74, 6) is 4.56. The van der Waals surface area contributed by atoms with Crippen LogP contribution in [0.15, 0.2) is 12.1 Å². The fourth-order valence-corrected chi connectivity index (χ4v) is 5.68. The van der Waals surface area contributed by atoms with Gasteiger partial charge in [0, 0.05) is 52.0 Å². The van der Waals surface area contributed by atoms with Gasteiger partial charge < -0.3 is 19.9 Å². The third-order valence-corrected chi connectivity index (χ3v) is 7.12. The van der Waals surface area contributed by atoms with Gasteiger partial charge in [0.05, 0.1) is 0 Å². The Morgan fingerprint density at radius 3 is 2.41 bits per heavy atom. The number of likely N-dealkylation sites (tertiary alicyclic amines) is 1. The highest BCUT2D eigenvalue weighted by Crippen LogP contribution is 2.39. The Kier molecular flexibility index (Phi) is 5.18. The lowest BCUT2D eigenvalue weighted by Crippen LogP contribution is -2.32. The Hall–Kier alpha value is -1.40. The summed E-state index contributed by atoms with van der Waals surface area (Å²) in [5, 5.41) is 12.6. The molecule has 4 heterocycles. The average Bonchev–Trinajstić information content (AvgIpc) is 3.40. The standard InChI is InChI=1S/C21H33N5O/c1-2-8-26(7-1)21-4-3-20(23-24-21)22-19-11-17-14-25(15-18(17)12-19)13-16-5-9-27-10-6-16/h3-4,16-19H,1-2,5-15H2,(H,22,23)/t17-,18+,19+. The average molecular weight is 372 g/mol. The number of nitrogens with zero attached hydrogens (tertiary/aromatic N) is 4. The summed E-state index contributed by atoms with van der Waals surface area (Å²) in [6, 6.07) is 4.82. The SMILES string of the molecule is c1cc(N2CCCC2)nnc1N[C@H]1C[C@@H]2CN(CC3CCOCC3)C[C@@H]2C1. The minimum absolute atomic E-state index is 0.567. The van der Waals surface area contributed by atoms with Gasteiger partial charge in [-0.25, -0.2) is 0 Å². The largest absolute Gasteiger partial charge is 0.381 e. The molecular weight excluding hydrogens is 338 g/mol. The Balaban J connectivity index is 1.09. The lowest BCUT2D eigenvalue weighted by Gasteiger charge is -2.27. The molecule has 1 aromatic heterocycles. The molecule has 3 saturated heterocycles.